The molecule has 4 aliphatic rings. The van der Waals surface area contributed by atoms with Crippen molar-refractivity contribution in [1.29, 1.82) is 0 Å². The average molecular weight is 553 g/mol. The van der Waals surface area contributed by atoms with Crippen molar-refractivity contribution in [1.82, 2.24) is 29.6 Å². The molecular formula is C28H41F3N6O2. The van der Waals surface area contributed by atoms with E-state index in [0.29, 0.717) is 17.8 Å². The number of rotatable bonds is 6. The Labute approximate surface area is 230 Å². The molecule has 0 radical (unpaired) electrons. The molecule has 2 N–H and O–H groups in total. The van der Waals surface area contributed by atoms with E-state index in [4.69, 9.17) is 7.48 Å². The number of hydrogen-bond acceptors (Lipinski definition) is 6. The third kappa shape index (κ3) is 5.40. The Morgan fingerprint density at radius 1 is 1.18 bits per heavy atom. The molecule has 2 aliphatic heterocycles. The molecule has 39 heavy (non-hydrogen) atoms. The molecular weight excluding hydrogens is 509 g/mol. The zero-order valence-electron chi connectivity index (χ0n) is 24.7. The van der Waals surface area contributed by atoms with E-state index in [0.717, 1.165) is 42.8 Å². The Balaban J connectivity index is 1.35. The predicted molar refractivity (Wildman–Crippen MR) is 142 cm³/mol. The van der Waals surface area contributed by atoms with Crippen molar-refractivity contribution in [3.8, 4) is 0 Å². The number of alkyl halides is 3. The zero-order valence-corrected chi connectivity index (χ0v) is 22.7. The van der Waals surface area contributed by atoms with Gasteiger partial charge in [-0.2, -0.15) is 13.2 Å². The Kier molecular flexibility index (Phi) is 6.89. The first-order valence-corrected chi connectivity index (χ1v) is 14.4. The van der Waals surface area contributed by atoms with E-state index in [-0.39, 0.29) is 49.1 Å². The van der Waals surface area contributed by atoms with Gasteiger partial charge in [0.1, 0.15) is 0 Å². The normalized spacial score (nSPS) is 31.7. The van der Waals surface area contributed by atoms with E-state index in [9.17, 15) is 18.0 Å². The summed E-state index contributed by atoms with van der Waals surface area (Å²) in [5, 5.41) is 0. The van der Waals surface area contributed by atoms with Crippen LogP contribution in [0.3, 0.4) is 0 Å². The van der Waals surface area contributed by atoms with E-state index < -0.39 is 23.9 Å². The number of aromatic nitrogens is 2. The zero-order chi connectivity index (χ0) is 29.1. The Bertz CT molecular complexity index is 1310. The summed E-state index contributed by atoms with van der Waals surface area (Å²) in [6.07, 6.45) is 4.86. The highest BCUT2D eigenvalue weighted by Crippen LogP contribution is 2.47. The number of imidazole rings is 1. The Morgan fingerprint density at radius 3 is 2.62 bits per heavy atom. The summed E-state index contributed by atoms with van der Waals surface area (Å²) in [7, 11) is 2.10. The molecule has 5 atom stereocenters. The first-order valence-electron chi connectivity index (χ1n) is 15.4. The van der Waals surface area contributed by atoms with Gasteiger partial charge in [-0.3, -0.25) is 18.8 Å². The second-order valence-electron chi connectivity index (χ2n) is 12.0. The highest BCUT2D eigenvalue weighted by molar-refractivity contribution is 5.56. The minimum absolute atomic E-state index is 0.180. The molecule has 11 heteroatoms. The predicted octanol–water partition coefficient (Wildman–Crippen LogP) is 3.81. The van der Waals surface area contributed by atoms with E-state index >= 15 is 0 Å². The maximum atomic E-state index is 14.4. The molecule has 2 aliphatic carbocycles. The molecule has 0 spiro atoms. The Morgan fingerprint density at radius 2 is 1.95 bits per heavy atom. The van der Waals surface area contributed by atoms with Crippen molar-refractivity contribution >= 4 is 5.52 Å². The van der Waals surface area contributed by atoms with Crippen molar-refractivity contribution in [2.75, 3.05) is 33.4 Å². The van der Waals surface area contributed by atoms with Gasteiger partial charge < -0.3 is 4.74 Å². The molecule has 2 aromatic rings. The first-order chi connectivity index (χ1) is 19.4. The summed E-state index contributed by atoms with van der Waals surface area (Å²) in [5.41, 5.74) is 4.76. The average Bonchev–Trinajstić information content (AvgIpc) is 3.47. The topological polar surface area (TPSA) is 66.2 Å². The van der Waals surface area contributed by atoms with E-state index in [1.165, 1.54) is 41.1 Å². The van der Waals surface area contributed by atoms with Crippen molar-refractivity contribution in [2.45, 2.75) is 82.9 Å². The second kappa shape index (κ2) is 10.8. The molecule has 3 unspecified atom stereocenters. The van der Waals surface area contributed by atoms with Gasteiger partial charge in [0.05, 0.1) is 36.6 Å². The lowest BCUT2D eigenvalue weighted by Crippen LogP contribution is -2.50. The fourth-order valence-corrected chi connectivity index (χ4v) is 7.26. The molecule has 4 heterocycles. The van der Waals surface area contributed by atoms with Crippen LogP contribution in [0.5, 0.6) is 0 Å². The van der Waals surface area contributed by atoms with Crippen LogP contribution in [-0.4, -0.2) is 64.5 Å². The van der Waals surface area contributed by atoms with Gasteiger partial charge in [0.25, 0.3) is 0 Å². The van der Waals surface area contributed by atoms with Crippen LogP contribution in [0.1, 0.15) is 71.8 Å². The lowest BCUT2D eigenvalue weighted by molar-refractivity contribution is -0.136. The summed E-state index contributed by atoms with van der Waals surface area (Å²) >= 11 is 0. The summed E-state index contributed by atoms with van der Waals surface area (Å²) in [6, 6.07) is 0.675. The van der Waals surface area contributed by atoms with Crippen LogP contribution in [-0.2, 0) is 17.4 Å². The summed E-state index contributed by atoms with van der Waals surface area (Å²) < 4.78 is 68.7. The van der Waals surface area contributed by atoms with Crippen LogP contribution < -0.4 is 16.5 Å². The molecule has 8 nitrogen and oxygen atoms in total. The summed E-state index contributed by atoms with van der Waals surface area (Å²) in [4.78, 5) is 17.5. The lowest BCUT2D eigenvalue weighted by atomic mass is 9.65. The Hall–Kier alpha value is -1.92. The molecule has 2 saturated carbocycles. The minimum Gasteiger partial charge on any atom is -0.376 e. The van der Waals surface area contributed by atoms with E-state index in [2.05, 4.69) is 22.8 Å². The van der Waals surface area contributed by atoms with Crippen LogP contribution >= 0.6 is 0 Å². The molecule has 0 aromatic carbocycles. The maximum absolute atomic E-state index is 14.4. The van der Waals surface area contributed by atoms with Gasteiger partial charge >= 0.3 is 11.9 Å². The number of nitrogens with one attached hydrogen (secondary N) is 2. The number of ether oxygens (including phenoxy) is 1. The van der Waals surface area contributed by atoms with Crippen molar-refractivity contribution in [3.63, 3.8) is 0 Å². The number of halogens is 3. The second-order valence-corrected chi connectivity index (χ2v) is 12.0. The van der Waals surface area contributed by atoms with Crippen molar-refractivity contribution in [2.24, 2.45) is 17.8 Å². The smallest absolute Gasteiger partial charge is 0.376 e. The van der Waals surface area contributed by atoms with Gasteiger partial charge in [0.15, 0.2) is 0 Å². The summed E-state index contributed by atoms with van der Waals surface area (Å²) in [5.74, 6) is 1.36. The highest BCUT2D eigenvalue weighted by atomic mass is 19.4. The largest absolute Gasteiger partial charge is 0.418 e. The van der Waals surface area contributed by atoms with Crippen LogP contribution in [0, 0.1) is 17.8 Å². The van der Waals surface area contributed by atoms with Gasteiger partial charge in [-0.15, -0.1) is 0 Å². The highest BCUT2D eigenvalue weighted by Gasteiger charge is 2.44. The number of nitrogens with zero attached hydrogens (tertiary/aromatic N) is 4. The number of morpholine rings is 1. The maximum Gasteiger partial charge on any atom is 0.418 e. The van der Waals surface area contributed by atoms with Gasteiger partial charge in [-0.1, -0.05) is 25.7 Å². The number of pyridine rings is 1. The van der Waals surface area contributed by atoms with Crippen LogP contribution in [0.2, 0.25) is 0 Å². The molecule has 0 bridgehead atoms. The minimum atomic E-state index is -4.75. The van der Waals surface area contributed by atoms with Gasteiger partial charge in [-0.05, 0) is 62.6 Å². The summed E-state index contributed by atoms with van der Waals surface area (Å²) in [6.45, 7) is 1.15. The van der Waals surface area contributed by atoms with Gasteiger partial charge in [-0.25, -0.2) is 15.6 Å². The van der Waals surface area contributed by atoms with Crippen LogP contribution in [0.15, 0.2) is 23.3 Å². The van der Waals surface area contributed by atoms with Crippen LogP contribution in [0.25, 0.3) is 5.52 Å². The quantitative estimate of drug-likeness (QED) is 0.569. The molecule has 2 aromatic heterocycles. The number of fused-ring (bicyclic) bond motifs is 1. The van der Waals surface area contributed by atoms with E-state index in [1.807, 2.05) is 6.92 Å². The third-order valence-corrected chi connectivity index (χ3v) is 9.36. The monoisotopic (exact) mass is 552 g/mol. The van der Waals surface area contributed by atoms with Gasteiger partial charge in [0.2, 0.25) is 0 Å². The molecule has 4 fully saturated rings. The SMILES string of the molecule is [2H]C([2H])(c1cc(C(F)(F)F)c2cn(C3CCCC([C@@H](C4CCC4)C4NNCN4C)C3)c(=O)n2c1)N1CCO[C@H](C)C1. The number of hydrazine groups is 1. The van der Waals surface area contributed by atoms with Crippen LogP contribution in [0.4, 0.5) is 13.2 Å². The molecule has 216 valence electrons. The molecule has 0 amide bonds. The number of hydrogen-bond donors (Lipinski definition) is 2. The third-order valence-electron chi connectivity index (χ3n) is 9.36. The van der Waals surface area contributed by atoms with Crippen molar-refractivity contribution < 1.29 is 20.6 Å². The van der Waals surface area contributed by atoms with Crippen molar-refractivity contribution in [3.05, 3.63) is 40.1 Å². The fraction of sp³-hybridized carbons (Fsp3) is 0.750. The molecule has 2 saturated heterocycles. The standard InChI is InChI=1S/C28H41F3N6O2/c1-18-13-35(9-10-39-18)14-19-11-23(28(29,30)31)24-16-36(27(38)37(24)15-19)22-8-4-7-21(12-22)25(20-5-3-6-20)26-33-32-17-34(26)2/h11,15-16,18,20-22,25-26,32-33H,3-10,12-14,17H2,1-2H3/t18-,21?,22?,25-,26?/m1/s1/i14D2. The first kappa shape index (κ1) is 24.8. The molecule has 6 rings (SSSR count). The lowest BCUT2D eigenvalue weighted by Gasteiger charge is -2.46. The van der Waals surface area contributed by atoms with Gasteiger partial charge in [0, 0.05) is 40.8 Å². The van der Waals surface area contributed by atoms with E-state index in [1.54, 1.807) is 0 Å². The fourth-order valence-electron chi connectivity index (χ4n) is 7.26.